The summed E-state index contributed by atoms with van der Waals surface area (Å²) in [5.74, 6) is 0.705. The van der Waals surface area contributed by atoms with Crippen LogP contribution in [0.25, 0.3) is 10.8 Å². The summed E-state index contributed by atoms with van der Waals surface area (Å²) < 4.78 is 5.68. The molecule has 18 heavy (non-hydrogen) atoms. The largest absolute Gasteiger partial charge is 0.461 e. The van der Waals surface area contributed by atoms with Crippen molar-refractivity contribution in [3.63, 3.8) is 0 Å². The van der Waals surface area contributed by atoms with Crippen LogP contribution in [0.3, 0.4) is 0 Å². The van der Waals surface area contributed by atoms with Crippen molar-refractivity contribution >= 4 is 10.8 Å². The number of hydrogen-bond acceptors (Lipinski definition) is 3. The molecule has 0 unspecified atom stereocenters. The van der Waals surface area contributed by atoms with Crippen LogP contribution < -0.4 is 10.1 Å². The van der Waals surface area contributed by atoms with Gasteiger partial charge in [0.25, 0.3) is 0 Å². The fourth-order valence-corrected chi connectivity index (χ4v) is 1.90. The minimum absolute atomic E-state index is 0.519. The van der Waals surface area contributed by atoms with Gasteiger partial charge in [0.1, 0.15) is 6.73 Å². The SMILES string of the molecule is CCCCCNCOc1nccc2ccccc12. The summed E-state index contributed by atoms with van der Waals surface area (Å²) in [6.45, 7) is 3.72. The smallest absolute Gasteiger partial charge is 0.222 e. The van der Waals surface area contributed by atoms with E-state index < -0.39 is 0 Å². The molecule has 1 aromatic carbocycles. The van der Waals surface area contributed by atoms with Crippen LogP contribution in [0.5, 0.6) is 5.88 Å². The van der Waals surface area contributed by atoms with Crippen LogP contribution in [0.2, 0.25) is 0 Å². The maximum atomic E-state index is 5.68. The van der Waals surface area contributed by atoms with Gasteiger partial charge in [-0.3, -0.25) is 5.32 Å². The molecule has 0 bridgehead atoms. The molecule has 2 aromatic rings. The minimum atomic E-state index is 0.519. The highest BCUT2D eigenvalue weighted by Gasteiger charge is 2.01. The Kier molecular flexibility index (Phi) is 4.97. The maximum Gasteiger partial charge on any atom is 0.222 e. The van der Waals surface area contributed by atoms with Gasteiger partial charge in [-0.15, -0.1) is 0 Å². The predicted molar refractivity (Wildman–Crippen MR) is 74.8 cm³/mol. The summed E-state index contributed by atoms with van der Waals surface area (Å²) in [6, 6.07) is 10.1. The summed E-state index contributed by atoms with van der Waals surface area (Å²) in [4.78, 5) is 4.28. The molecular formula is C15H20N2O. The zero-order chi connectivity index (χ0) is 12.6. The molecule has 1 N–H and O–H groups in total. The van der Waals surface area contributed by atoms with E-state index in [0.29, 0.717) is 12.6 Å². The van der Waals surface area contributed by atoms with E-state index in [1.54, 1.807) is 6.20 Å². The number of benzene rings is 1. The molecular weight excluding hydrogens is 224 g/mol. The fraction of sp³-hybridized carbons (Fsp3) is 0.400. The number of unbranched alkanes of at least 4 members (excludes halogenated alkanes) is 2. The van der Waals surface area contributed by atoms with E-state index in [1.807, 2.05) is 24.3 Å². The standard InChI is InChI=1S/C15H20N2O/c1-2-3-6-10-16-12-18-15-14-8-5-4-7-13(14)9-11-17-15/h4-5,7-9,11,16H,2-3,6,10,12H2,1H3. The first kappa shape index (κ1) is 12.8. The first-order chi connectivity index (χ1) is 8.92. The van der Waals surface area contributed by atoms with Crippen molar-refractivity contribution in [2.75, 3.05) is 13.3 Å². The van der Waals surface area contributed by atoms with E-state index in [9.17, 15) is 0 Å². The second-order valence-electron chi connectivity index (χ2n) is 4.33. The Balaban J connectivity index is 1.88. The molecule has 1 heterocycles. The van der Waals surface area contributed by atoms with Crippen LogP contribution in [0, 0.1) is 0 Å². The molecule has 0 aliphatic carbocycles. The van der Waals surface area contributed by atoms with Gasteiger partial charge in [-0.2, -0.15) is 0 Å². The lowest BCUT2D eigenvalue weighted by molar-refractivity contribution is 0.276. The van der Waals surface area contributed by atoms with Gasteiger partial charge in [-0.05, 0) is 30.5 Å². The van der Waals surface area contributed by atoms with E-state index in [2.05, 4.69) is 23.3 Å². The van der Waals surface area contributed by atoms with Crippen LogP contribution in [0.15, 0.2) is 36.5 Å². The van der Waals surface area contributed by atoms with Crippen LogP contribution in [-0.2, 0) is 0 Å². The van der Waals surface area contributed by atoms with Gasteiger partial charge >= 0.3 is 0 Å². The molecule has 0 atom stereocenters. The number of aromatic nitrogens is 1. The van der Waals surface area contributed by atoms with E-state index in [4.69, 9.17) is 4.74 Å². The van der Waals surface area contributed by atoms with Crippen molar-refractivity contribution in [2.45, 2.75) is 26.2 Å². The molecule has 2 rings (SSSR count). The Hall–Kier alpha value is -1.61. The topological polar surface area (TPSA) is 34.1 Å². The molecule has 0 saturated heterocycles. The highest BCUT2D eigenvalue weighted by atomic mass is 16.5. The van der Waals surface area contributed by atoms with Gasteiger partial charge < -0.3 is 4.74 Å². The van der Waals surface area contributed by atoms with E-state index >= 15 is 0 Å². The summed E-state index contributed by atoms with van der Waals surface area (Å²) in [5, 5.41) is 5.50. The quantitative estimate of drug-likeness (QED) is 0.599. The van der Waals surface area contributed by atoms with Crippen molar-refractivity contribution < 1.29 is 4.74 Å². The monoisotopic (exact) mass is 244 g/mol. The molecule has 0 saturated carbocycles. The number of rotatable bonds is 7. The van der Waals surface area contributed by atoms with Crippen LogP contribution in [0.1, 0.15) is 26.2 Å². The van der Waals surface area contributed by atoms with Gasteiger partial charge in [-0.25, -0.2) is 4.98 Å². The Morgan fingerprint density at radius 3 is 2.94 bits per heavy atom. The predicted octanol–water partition coefficient (Wildman–Crippen LogP) is 3.35. The normalized spacial score (nSPS) is 10.7. The minimum Gasteiger partial charge on any atom is -0.461 e. The third-order valence-electron chi connectivity index (χ3n) is 2.91. The van der Waals surface area contributed by atoms with Gasteiger partial charge in [0, 0.05) is 11.6 Å². The van der Waals surface area contributed by atoms with Gasteiger partial charge in [0.2, 0.25) is 5.88 Å². The maximum absolute atomic E-state index is 5.68. The number of nitrogens with zero attached hydrogens (tertiary/aromatic N) is 1. The Labute approximate surface area is 108 Å². The van der Waals surface area contributed by atoms with Crippen molar-refractivity contribution in [3.8, 4) is 5.88 Å². The zero-order valence-electron chi connectivity index (χ0n) is 10.9. The van der Waals surface area contributed by atoms with Crippen LogP contribution in [0.4, 0.5) is 0 Å². The van der Waals surface area contributed by atoms with Crippen molar-refractivity contribution in [1.82, 2.24) is 10.3 Å². The first-order valence-corrected chi connectivity index (χ1v) is 6.59. The third kappa shape index (κ3) is 3.44. The van der Waals surface area contributed by atoms with Gasteiger partial charge in [0.15, 0.2) is 0 Å². The van der Waals surface area contributed by atoms with Crippen molar-refractivity contribution in [2.24, 2.45) is 0 Å². The fourth-order valence-electron chi connectivity index (χ4n) is 1.90. The van der Waals surface area contributed by atoms with Crippen LogP contribution in [-0.4, -0.2) is 18.3 Å². The number of pyridine rings is 1. The number of ether oxygens (including phenoxy) is 1. The van der Waals surface area contributed by atoms with Gasteiger partial charge in [-0.1, -0.05) is 38.0 Å². The lowest BCUT2D eigenvalue weighted by atomic mass is 10.2. The first-order valence-electron chi connectivity index (χ1n) is 6.59. The molecule has 3 nitrogen and oxygen atoms in total. The van der Waals surface area contributed by atoms with Crippen LogP contribution >= 0.6 is 0 Å². The van der Waals surface area contributed by atoms with Crippen molar-refractivity contribution in [3.05, 3.63) is 36.5 Å². The Morgan fingerprint density at radius 2 is 2.06 bits per heavy atom. The summed E-state index contributed by atoms with van der Waals surface area (Å²) in [5.41, 5.74) is 0. The molecule has 0 aliphatic rings. The molecule has 0 spiro atoms. The number of hydrogen-bond donors (Lipinski definition) is 1. The lowest BCUT2D eigenvalue weighted by Crippen LogP contribution is -2.21. The highest BCUT2D eigenvalue weighted by molar-refractivity contribution is 5.86. The van der Waals surface area contributed by atoms with E-state index in [1.165, 1.54) is 19.3 Å². The van der Waals surface area contributed by atoms with E-state index in [-0.39, 0.29) is 0 Å². The number of nitrogens with one attached hydrogen (secondary N) is 1. The molecule has 96 valence electrons. The summed E-state index contributed by atoms with van der Waals surface area (Å²) in [6.07, 6.45) is 5.49. The second-order valence-corrected chi connectivity index (χ2v) is 4.33. The van der Waals surface area contributed by atoms with Crippen molar-refractivity contribution in [1.29, 1.82) is 0 Å². The average molecular weight is 244 g/mol. The van der Waals surface area contributed by atoms with Gasteiger partial charge in [0.05, 0.1) is 0 Å². The zero-order valence-corrected chi connectivity index (χ0v) is 10.9. The third-order valence-corrected chi connectivity index (χ3v) is 2.91. The Bertz CT molecular complexity index is 479. The second kappa shape index (κ2) is 6.97. The Morgan fingerprint density at radius 1 is 1.17 bits per heavy atom. The van der Waals surface area contributed by atoms with E-state index in [0.717, 1.165) is 17.3 Å². The summed E-state index contributed by atoms with van der Waals surface area (Å²) >= 11 is 0. The summed E-state index contributed by atoms with van der Waals surface area (Å²) in [7, 11) is 0. The molecule has 0 radical (unpaired) electrons. The molecule has 0 aliphatic heterocycles. The average Bonchev–Trinajstić information content (AvgIpc) is 2.43. The molecule has 0 fully saturated rings. The number of fused-ring (bicyclic) bond motifs is 1. The highest BCUT2D eigenvalue weighted by Crippen LogP contribution is 2.21. The molecule has 0 amide bonds. The molecule has 3 heteroatoms. The molecule has 1 aromatic heterocycles. The lowest BCUT2D eigenvalue weighted by Gasteiger charge is -2.08.